The van der Waals surface area contributed by atoms with Crippen LogP contribution in [-0.2, 0) is 4.84 Å². The van der Waals surface area contributed by atoms with E-state index in [2.05, 4.69) is 20.4 Å². The molecule has 0 saturated carbocycles. The summed E-state index contributed by atoms with van der Waals surface area (Å²) in [5.41, 5.74) is 5.53. The fourth-order valence-electron chi connectivity index (χ4n) is 3.39. The molecule has 140 valence electrons. The minimum atomic E-state index is -0.598. The van der Waals surface area contributed by atoms with E-state index in [1.807, 2.05) is 19.2 Å². The number of aromatic amines is 1. The van der Waals surface area contributed by atoms with Gasteiger partial charge in [-0.3, -0.25) is 9.78 Å². The van der Waals surface area contributed by atoms with Gasteiger partial charge in [0, 0.05) is 31.4 Å². The van der Waals surface area contributed by atoms with Gasteiger partial charge in [-0.2, -0.15) is 0 Å². The van der Waals surface area contributed by atoms with E-state index in [-0.39, 0.29) is 17.4 Å². The highest BCUT2D eigenvalue weighted by Gasteiger charge is 2.29. The van der Waals surface area contributed by atoms with Crippen molar-refractivity contribution in [3.05, 3.63) is 65.3 Å². The number of piperidine rings is 1. The van der Waals surface area contributed by atoms with Gasteiger partial charge in [-0.25, -0.2) is 14.9 Å². The number of aryl methyl sites for hydroxylation is 1. The highest BCUT2D eigenvalue weighted by atomic mass is 19.1. The van der Waals surface area contributed by atoms with E-state index in [1.165, 1.54) is 12.3 Å². The Bertz CT molecular complexity index is 920. The number of nitrogens with zero attached hydrogens (tertiary/aromatic N) is 3. The van der Waals surface area contributed by atoms with Gasteiger partial charge in [-0.1, -0.05) is 0 Å². The van der Waals surface area contributed by atoms with Crippen molar-refractivity contribution in [2.45, 2.75) is 19.8 Å². The molecule has 7 nitrogen and oxygen atoms in total. The molecule has 1 amide bonds. The molecular formula is C19H20FN5O2. The van der Waals surface area contributed by atoms with Crippen LogP contribution < -0.4 is 5.48 Å². The third-order valence-electron chi connectivity index (χ3n) is 4.78. The van der Waals surface area contributed by atoms with Crippen molar-refractivity contribution in [3.63, 3.8) is 0 Å². The van der Waals surface area contributed by atoms with E-state index in [9.17, 15) is 9.18 Å². The highest BCUT2D eigenvalue weighted by molar-refractivity contribution is 5.95. The van der Waals surface area contributed by atoms with Crippen LogP contribution in [0.1, 0.15) is 34.5 Å². The Labute approximate surface area is 155 Å². The summed E-state index contributed by atoms with van der Waals surface area (Å²) in [7, 11) is 0. The van der Waals surface area contributed by atoms with Crippen molar-refractivity contribution >= 4 is 11.8 Å². The Kier molecular flexibility index (Phi) is 4.62. The van der Waals surface area contributed by atoms with Gasteiger partial charge < -0.3 is 14.7 Å². The van der Waals surface area contributed by atoms with E-state index in [0.29, 0.717) is 19.0 Å². The zero-order valence-electron chi connectivity index (χ0n) is 14.9. The summed E-state index contributed by atoms with van der Waals surface area (Å²) in [6.45, 7) is 3.06. The van der Waals surface area contributed by atoms with E-state index in [4.69, 9.17) is 4.84 Å². The van der Waals surface area contributed by atoms with Crippen LogP contribution in [0.4, 0.5) is 4.39 Å². The van der Waals surface area contributed by atoms with Crippen LogP contribution in [0.15, 0.2) is 47.6 Å². The number of nitrogens with one attached hydrogen (secondary N) is 2. The van der Waals surface area contributed by atoms with Crippen molar-refractivity contribution in [1.82, 2.24) is 20.3 Å². The van der Waals surface area contributed by atoms with Crippen LogP contribution >= 0.6 is 0 Å². The maximum absolute atomic E-state index is 13.9. The number of amides is 1. The number of aliphatic imine (C=N–C) groups is 1. The summed E-state index contributed by atoms with van der Waals surface area (Å²) in [5, 5.41) is 0. The van der Waals surface area contributed by atoms with Crippen LogP contribution in [-0.4, -0.2) is 39.8 Å². The summed E-state index contributed by atoms with van der Waals surface area (Å²) < 4.78 is 13.9. The smallest absolute Gasteiger partial charge is 0.269 e. The molecule has 2 N–H and O–H groups in total. The topological polar surface area (TPSA) is 82.6 Å². The quantitative estimate of drug-likeness (QED) is 0.871. The molecule has 0 unspecified atom stereocenters. The Morgan fingerprint density at radius 2 is 2.33 bits per heavy atom. The molecule has 2 aromatic heterocycles. The van der Waals surface area contributed by atoms with Crippen molar-refractivity contribution < 1.29 is 14.0 Å². The number of H-pyrrole nitrogens is 1. The predicted octanol–water partition coefficient (Wildman–Crippen LogP) is 2.53. The summed E-state index contributed by atoms with van der Waals surface area (Å²) in [6, 6.07) is 3.37. The maximum Gasteiger partial charge on any atom is 0.269 e. The van der Waals surface area contributed by atoms with Gasteiger partial charge in [0.25, 0.3) is 11.8 Å². The third kappa shape index (κ3) is 3.55. The Balaban J connectivity index is 1.51. The number of hydroxylamine groups is 1. The van der Waals surface area contributed by atoms with Crippen molar-refractivity contribution in [3.8, 4) is 0 Å². The average molecular weight is 369 g/mol. The largest absolute Gasteiger partial charge is 0.360 e. The van der Waals surface area contributed by atoms with E-state index in [1.54, 1.807) is 11.1 Å². The number of hydrogen-bond acceptors (Lipinski definition) is 5. The summed E-state index contributed by atoms with van der Waals surface area (Å²) >= 11 is 0. The van der Waals surface area contributed by atoms with Crippen LogP contribution in [0.25, 0.3) is 0 Å². The van der Waals surface area contributed by atoms with Gasteiger partial charge in [0.15, 0.2) is 5.82 Å². The van der Waals surface area contributed by atoms with E-state index < -0.39 is 5.82 Å². The molecule has 1 saturated heterocycles. The second-order valence-corrected chi connectivity index (χ2v) is 6.74. The van der Waals surface area contributed by atoms with Gasteiger partial charge in [0.05, 0.1) is 23.7 Å². The minimum absolute atomic E-state index is 0.0510. The number of aromatic nitrogens is 2. The molecule has 2 aromatic rings. The molecule has 0 radical (unpaired) electrons. The van der Waals surface area contributed by atoms with Crippen LogP contribution in [0, 0.1) is 18.7 Å². The second-order valence-electron chi connectivity index (χ2n) is 6.74. The summed E-state index contributed by atoms with van der Waals surface area (Å²) in [5.74, 6) is -0.400. The molecule has 1 fully saturated rings. The number of carbonyl (C=O) groups is 1. The maximum atomic E-state index is 13.9. The van der Waals surface area contributed by atoms with Crippen molar-refractivity contribution in [2.24, 2.45) is 10.9 Å². The number of pyridine rings is 1. The lowest BCUT2D eigenvalue weighted by atomic mass is 9.94. The third-order valence-corrected chi connectivity index (χ3v) is 4.78. The Morgan fingerprint density at radius 3 is 3.11 bits per heavy atom. The van der Waals surface area contributed by atoms with Gasteiger partial charge in [0.1, 0.15) is 5.69 Å². The lowest BCUT2D eigenvalue weighted by Gasteiger charge is -2.33. The van der Waals surface area contributed by atoms with E-state index in [0.717, 1.165) is 36.0 Å². The summed E-state index contributed by atoms with van der Waals surface area (Å²) in [6.07, 6.45) is 7.81. The normalized spacial score (nSPS) is 19.6. The molecule has 27 heavy (non-hydrogen) atoms. The molecule has 2 aliphatic rings. The van der Waals surface area contributed by atoms with Crippen LogP contribution in [0.5, 0.6) is 0 Å². The SMILES string of the molecule is Cc1c[nH]c(C2=NC([C@H]3CCCN(C(=O)c4ccncc4F)C3)=CNO2)c1. The fraction of sp³-hybridized carbons (Fsp3) is 0.316. The predicted molar refractivity (Wildman–Crippen MR) is 97.2 cm³/mol. The molecule has 0 aliphatic carbocycles. The first-order valence-corrected chi connectivity index (χ1v) is 8.87. The van der Waals surface area contributed by atoms with Gasteiger partial charge >= 0.3 is 0 Å². The number of carbonyl (C=O) groups excluding carboxylic acids is 1. The number of halogens is 1. The highest BCUT2D eigenvalue weighted by Crippen LogP contribution is 2.27. The lowest BCUT2D eigenvalue weighted by molar-refractivity contribution is 0.0683. The van der Waals surface area contributed by atoms with Crippen molar-refractivity contribution in [2.75, 3.05) is 13.1 Å². The van der Waals surface area contributed by atoms with E-state index >= 15 is 0 Å². The number of rotatable bonds is 3. The van der Waals surface area contributed by atoms with Gasteiger partial charge in [0.2, 0.25) is 0 Å². The molecule has 0 aromatic carbocycles. The number of likely N-dealkylation sites (tertiary alicyclic amines) is 1. The molecular weight excluding hydrogens is 349 g/mol. The fourth-order valence-corrected chi connectivity index (χ4v) is 3.39. The zero-order chi connectivity index (χ0) is 18.8. The first kappa shape index (κ1) is 17.3. The molecule has 1 atom stereocenters. The molecule has 0 bridgehead atoms. The second kappa shape index (κ2) is 7.22. The first-order chi connectivity index (χ1) is 13.1. The summed E-state index contributed by atoms with van der Waals surface area (Å²) in [4.78, 5) is 31.2. The lowest BCUT2D eigenvalue weighted by Crippen LogP contribution is -2.41. The molecule has 4 rings (SSSR count). The molecule has 4 heterocycles. The molecule has 2 aliphatic heterocycles. The van der Waals surface area contributed by atoms with Crippen LogP contribution in [0.3, 0.4) is 0 Å². The Hall–Kier alpha value is -3.16. The van der Waals surface area contributed by atoms with Crippen LogP contribution in [0.2, 0.25) is 0 Å². The zero-order valence-corrected chi connectivity index (χ0v) is 14.9. The van der Waals surface area contributed by atoms with Gasteiger partial charge in [-0.15, -0.1) is 0 Å². The van der Waals surface area contributed by atoms with Gasteiger partial charge in [-0.05, 0) is 37.5 Å². The minimum Gasteiger partial charge on any atom is -0.360 e. The first-order valence-electron chi connectivity index (χ1n) is 8.87. The average Bonchev–Trinajstić information content (AvgIpc) is 3.14. The monoisotopic (exact) mass is 369 g/mol. The van der Waals surface area contributed by atoms with Crippen molar-refractivity contribution in [1.29, 1.82) is 0 Å². The standard InChI is InChI=1S/C19H20FN5O2/c1-12-7-16(22-8-12)18-24-17(10-23-27-18)13-3-2-6-25(11-13)19(26)14-4-5-21-9-15(14)20/h4-5,7-10,13,22-23H,2-3,6,11H2,1H3/t13-/m0/s1. The number of hydrogen-bond donors (Lipinski definition) is 2. The molecule has 0 spiro atoms. The molecule has 8 heteroatoms. The Morgan fingerprint density at radius 1 is 1.44 bits per heavy atom.